The molecule has 0 spiro atoms. The summed E-state index contributed by atoms with van der Waals surface area (Å²) in [6.07, 6.45) is -3.53. The average Bonchev–Trinajstić information content (AvgIpc) is 2.53. The van der Waals surface area contributed by atoms with Gasteiger partial charge in [-0.15, -0.1) is 0 Å². The van der Waals surface area contributed by atoms with Crippen molar-refractivity contribution in [2.45, 2.75) is 19.1 Å². The van der Waals surface area contributed by atoms with Gasteiger partial charge in [-0.05, 0) is 30.7 Å². The number of hydrogen-bond acceptors (Lipinski definition) is 4. The lowest BCUT2D eigenvalue weighted by Gasteiger charge is -2.14. The predicted molar refractivity (Wildman–Crippen MR) is 76.9 cm³/mol. The number of aromatic amines is 1. The first-order valence-electron chi connectivity index (χ1n) is 6.70. The molecule has 0 unspecified atom stereocenters. The van der Waals surface area contributed by atoms with E-state index in [1.807, 2.05) is 0 Å². The number of carbonyl (C=O) groups excluding carboxylic acids is 1. The minimum absolute atomic E-state index is 0.0107. The number of nitrogens with zero attached hydrogens (tertiary/aromatic N) is 2. The summed E-state index contributed by atoms with van der Waals surface area (Å²) in [7, 11) is 0. The smallest absolute Gasteiger partial charge is 0.345 e. The highest BCUT2D eigenvalue weighted by Crippen LogP contribution is 2.27. The van der Waals surface area contributed by atoms with Crippen LogP contribution in [0, 0.1) is 11.3 Å². The molecule has 24 heavy (non-hydrogen) atoms. The quantitative estimate of drug-likeness (QED) is 0.897. The van der Waals surface area contributed by atoms with Crippen LogP contribution < -0.4 is 10.9 Å². The Labute approximate surface area is 134 Å². The van der Waals surface area contributed by atoms with Gasteiger partial charge in [-0.25, -0.2) is 0 Å². The molecule has 0 aliphatic heterocycles. The van der Waals surface area contributed by atoms with E-state index in [1.165, 1.54) is 18.2 Å². The Morgan fingerprint density at radius 1 is 1.33 bits per heavy atom. The van der Waals surface area contributed by atoms with Gasteiger partial charge in [0.25, 0.3) is 11.5 Å². The van der Waals surface area contributed by atoms with Gasteiger partial charge in [-0.3, -0.25) is 14.6 Å². The molecule has 9 heteroatoms. The summed E-state index contributed by atoms with van der Waals surface area (Å²) in [6.45, 7) is 1.54. The Morgan fingerprint density at radius 3 is 2.54 bits per heavy atom. The summed E-state index contributed by atoms with van der Waals surface area (Å²) >= 11 is 0. The Kier molecular flexibility index (Phi) is 4.69. The van der Waals surface area contributed by atoms with Crippen molar-refractivity contribution in [2.75, 3.05) is 0 Å². The topological polar surface area (TPSA) is 98.6 Å². The van der Waals surface area contributed by atoms with Crippen molar-refractivity contribution in [2.24, 2.45) is 0 Å². The molecule has 0 saturated heterocycles. The summed E-state index contributed by atoms with van der Waals surface area (Å²) in [5.74, 6) is -0.715. The number of nitriles is 1. The number of carbonyl (C=O) groups is 1. The second-order valence-electron chi connectivity index (χ2n) is 4.90. The van der Waals surface area contributed by atoms with Gasteiger partial charge < -0.3 is 10.3 Å². The van der Waals surface area contributed by atoms with Crippen LogP contribution in [0.25, 0.3) is 0 Å². The summed E-state index contributed by atoms with van der Waals surface area (Å²) < 4.78 is 37.4. The fraction of sp³-hybridized carbons (Fsp3) is 0.200. The maximum absolute atomic E-state index is 12.5. The molecule has 0 saturated carbocycles. The molecule has 2 N–H and O–H groups in total. The Morgan fingerprint density at radius 2 is 2.04 bits per heavy atom. The van der Waals surface area contributed by atoms with E-state index in [1.54, 1.807) is 13.0 Å². The van der Waals surface area contributed by atoms with Crippen LogP contribution in [0.15, 0.2) is 35.3 Å². The SMILES string of the molecule is C[C@@H](NC(=O)c1ccc(C#N)[nH]c1=O)c1ccc(C(F)(F)F)nc1. The van der Waals surface area contributed by atoms with Gasteiger partial charge >= 0.3 is 6.18 Å². The maximum Gasteiger partial charge on any atom is 0.433 e. The minimum Gasteiger partial charge on any atom is -0.345 e. The van der Waals surface area contributed by atoms with Crippen LogP contribution in [0.5, 0.6) is 0 Å². The molecular formula is C15H11F3N4O2. The lowest BCUT2D eigenvalue weighted by molar-refractivity contribution is -0.141. The summed E-state index contributed by atoms with van der Waals surface area (Å²) in [4.78, 5) is 29.3. The number of aromatic nitrogens is 2. The van der Waals surface area contributed by atoms with Crippen LogP contribution in [0.4, 0.5) is 13.2 Å². The van der Waals surface area contributed by atoms with E-state index in [0.29, 0.717) is 5.56 Å². The van der Waals surface area contributed by atoms with Crippen molar-refractivity contribution in [3.8, 4) is 6.07 Å². The normalized spacial score (nSPS) is 12.3. The number of alkyl halides is 3. The second-order valence-corrected chi connectivity index (χ2v) is 4.90. The van der Waals surface area contributed by atoms with Crippen molar-refractivity contribution in [3.05, 3.63) is 63.3 Å². The average molecular weight is 336 g/mol. The van der Waals surface area contributed by atoms with Crippen molar-refractivity contribution < 1.29 is 18.0 Å². The van der Waals surface area contributed by atoms with E-state index in [9.17, 15) is 22.8 Å². The number of rotatable bonds is 3. The van der Waals surface area contributed by atoms with E-state index in [0.717, 1.165) is 12.3 Å². The number of hydrogen-bond donors (Lipinski definition) is 2. The highest BCUT2D eigenvalue weighted by molar-refractivity contribution is 5.94. The van der Waals surface area contributed by atoms with Gasteiger partial charge in [0, 0.05) is 6.20 Å². The molecule has 1 amide bonds. The largest absolute Gasteiger partial charge is 0.433 e. The number of pyridine rings is 2. The summed E-state index contributed by atoms with van der Waals surface area (Å²) in [5.41, 5.74) is -1.61. The number of halogens is 3. The molecule has 0 fully saturated rings. The zero-order valence-corrected chi connectivity index (χ0v) is 12.3. The lowest BCUT2D eigenvalue weighted by atomic mass is 10.1. The molecule has 2 rings (SSSR count). The Hall–Kier alpha value is -3.15. The zero-order chi connectivity index (χ0) is 17.9. The molecule has 6 nitrogen and oxygen atoms in total. The van der Waals surface area contributed by atoms with E-state index in [2.05, 4.69) is 15.3 Å². The van der Waals surface area contributed by atoms with Gasteiger partial charge in [0.1, 0.15) is 23.0 Å². The zero-order valence-electron chi connectivity index (χ0n) is 12.3. The molecule has 0 aromatic carbocycles. The van der Waals surface area contributed by atoms with Crippen LogP contribution >= 0.6 is 0 Å². The molecule has 0 bridgehead atoms. The molecule has 124 valence electrons. The Balaban J connectivity index is 2.15. The third-order valence-electron chi connectivity index (χ3n) is 3.20. The van der Waals surface area contributed by atoms with Crippen molar-refractivity contribution in [3.63, 3.8) is 0 Å². The minimum atomic E-state index is -4.54. The van der Waals surface area contributed by atoms with Crippen LogP contribution in [0.1, 0.15) is 40.3 Å². The number of H-pyrrole nitrogens is 1. The van der Waals surface area contributed by atoms with E-state index in [4.69, 9.17) is 5.26 Å². The highest BCUT2D eigenvalue weighted by Gasteiger charge is 2.32. The van der Waals surface area contributed by atoms with Crippen LogP contribution in [0.3, 0.4) is 0 Å². The van der Waals surface area contributed by atoms with E-state index in [-0.39, 0.29) is 11.3 Å². The first-order valence-corrected chi connectivity index (χ1v) is 6.70. The molecule has 0 aliphatic carbocycles. The molecule has 2 aromatic rings. The predicted octanol–water partition coefficient (Wildman–Crippen LogP) is 2.15. The lowest BCUT2D eigenvalue weighted by Crippen LogP contribution is -2.31. The van der Waals surface area contributed by atoms with Crippen LogP contribution in [0.2, 0.25) is 0 Å². The summed E-state index contributed by atoms with van der Waals surface area (Å²) in [6, 6.07) is 5.55. The molecule has 1 atom stereocenters. The van der Waals surface area contributed by atoms with Gasteiger partial charge in [-0.2, -0.15) is 18.4 Å². The van der Waals surface area contributed by atoms with Gasteiger partial charge in [0.05, 0.1) is 6.04 Å². The molecule has 0 radical (unpaired) electrons. The monoisotopic (exact) mass is 336 g/mol. The number of nitrogens with one attached hydrogen (secondary N) is 2. The fourth-order valence-electron chi connectivity index (χ4n) is 1.90. The molecule has 2 aromatic heterocycles. The highest BCUT2D eigenvalue weighted by atomic mass is 19.4. The van der Waals surface area contributed by atoms with Gasteiger partial charge in [0.15, 0.2) is 0 Å². The second kappa shape index (κ2) is 6.54. The third kappa shape index (κ3) is 3.78. The van der Waals surface area contributed by atoms with Crippen molar-refractivity contribution in [1.29, 1.82) is 5.26 Å². The third-order valence-corrected chi connectivity index (χ3v) is 3.20. The van der Waals surface area contributed by atoms with E-state index >= 15 is 0 Å². The van der Waals surface area contributed by atoms with Gasteiger partial charge in [0.2, 0.25) is 0 Å². The fourth-order valence-corrected chi connectivity index (χ4v) is 1.90. The standard InChI is InChI=1S/C15H11F3N4O2/c1-8(9-2-5-12(20-7-9)15(16,17)18)21-13(23)11-4-3-10(6-19)22-14(11)24/h2-5,7-8H,1H3,(H,21,23)(H,22,24)/t8-/m1/s1. The molecule has 0 aliphatic rings. The van der Waals surface area contributed by atoms with Crippen LogP contribution in [-0.4, -0.2) is 15.9 Å². The van der Waals surface area contributed by atoms with E-state index < -0.39 is 29.4 Å². The summed E-state index contributed by atoms with van der Waals surface area (Å²) in [5, 5.41) is 11.1. The number of amides is 1. The first kappa shape index (κ1) is 17.2. The molecular weight excluding hydrogens is 325 g/mol. The Bertz CT molecular complexity index is 851. The maximum atomic E-state index is 12.5. The molecule has 2 heterocycles. The first-order chi connectivity index (χ1) is 11.2. The van der Waals surface area contributed by atoms with Gasteiger partial charge in [-0.1, -0.05) is 6.07 Å². The van der Waals surface area contributed by atoms with Crippen molar-refractivity contribution >= 4 is 5.91 Å². The van der Waals surface area contributed by atoms with Crippen LogP contribution in [-0.2, 0) is 6.18 Å². The van der Waals surface area contributed by atoms with Crippen molar-refractivity contribution in [1.82, 2.24) is 15.3 Å².